The van der Waals surface area contributed by atoms with Crippen molar-refractivity contribution < 1.29 is 23.9 Å². The highest BCUT2D eigenvalue weighted by atomic mass is 35.5. The molecule has 0 heterocycles. The second-order valence-corrected chi connectivity index (χ2v) is 6.63. The molecule has 2 aromatic rings. The van der Waals surface area contributed by atoms with Crippen molar-refractivity contribution >= 4 is 41.7 Å². The van der Waals surface area contributed by atoms with E-state index in [9.17, 15) is 14.4 Å². The standard InChI is InChI=1S/C22H27N5O5.ClH/c1-3-32-22(30)19(27-16-9-6-8-14(11-16)20(23)24)21(29)26-13-18(28)25-12-15-7-4-5-10-17(15)31-2;/h4-11,19,27H,3,12-13H2,1-2H3,(H3,23,24)(H,25,28)(H,26,29);1H. The van der Waals surface area contributed by atoms with E-state index in [4.69, 9.17) is 20.6 Å². The summed E-state index contributed by atoms with van der Waals surface area (Å²) in [7, 11) is 1.54. The summed E-state index contributed by atoms with van der Waals surface area (Å²) in [4.78, 5) is 37.1. The summed E-state index contributed by atoms with van der Waals surface area (Å²) in [5.74, 6) is -1.49. The summed E-state index contributed by atoms with van der Waals surface area (Å²) in [5.41, 5.74) is 7.09. The first-order valence-corrected chi connectivity index (χ1v) is 9.89. The van der Waals surface area contributed by atoms with Crippen LogP contribution in [0.4, 0.5) is 5.69 Å². The second-order valence-electron chi connectivity index (χ2n) is 6.63. The zero-order valence-electron chi connectivity index (χ0n) is 18.3. The highest BCUT2D eigenvalue weighted by molar-refractivity contribution is 6.05. The maximum Gasteiger partial charge on any atom is 0.338 e. The fourth-order valence-corrected chi connectivity index (χ4v) is 2.78. The monoisotopic (exact) mass is 477 g/mol. The Morgan fingerprint density at radius 1 is 1.09 bits per heavy atom. The van der Waals surface area contributed by atoms with Crippen LogP contribution in [0.25, 0.3) is 0 Å². The molecule has 0 bridgehead atoms. The average molecular weight is 478 g/mol. The SMILES string of the molecule is CCOC(=O)C(Nc1cccc(C(=N)N)c1)C(=O)NCC(=O)NCc1ccccc1OC.Cl. The molecule has 11 heteroatoms. The molecule has 2 amide bonds. The number of hydrogen-bond donors (Lipinski definition) is 5. The Morgan fingerprint density at radius 3 is 2.48 bits per heavy atom. The van der Waals surface area contributed by atoms with Crippen molar-refractivity contribution in [1.82, 2.24) is 10.6 Å². The number of nitrogens with one attached hydrogen (secondary N) is 4. The molecular formula is C22H28ClN5O5. The van der Waals surface area contributed by atoms with Crippen molar-refractivity contribution in [2.45, 2.75) is 19.5 Å². The summed E-state index contributed by atoms with van der Waals surface area (Å²) < 4.78 is 10.2. The molecule has 0 spiro atoms. The number of ether oxygens (including phenoxy) is 2. The average Bonchev–Trinajstić information content (AvgIpc) is 2.80. The van der Waals surface area contributed by atoms with Crippen LogP contribution >= 0.6 is 12.4 Å². The lowest BCUT2D eigenvalue weighted by Crippen LogP contribution is -2.48. The Labute approximate surface area is 198 Å². The van der Waals surface area contributed by atoms with Gasteiger partial charge in [-0.1, -0.05) is 30.3 Å². The van der Waals surface area contributed by atoms with Gasteiger partial charge in [0.05, 0.1) is 20.3 Å². The first-order valence-electron chi connectivity index (χ1n) is 9.89. The predicted octanol–water partition coefficient (Wildman–Crippen LogP) is 1.18. The van der Waals surface area contributed by atoms with E-state index >= 15 is 0 Å². The van der Waals surface area contributed by atoms with E-state index in [1.165, 1.54) is 13.2 Å². The minimum Gasteiger partial charge on any atom is -0.496 e. The highest BCUT2D eigenvalue weighted by Crippen LogP contribution is 2.16. The number of carbonyl (C=O) groups excluding carboxylic acids is 3. The Kier molecular flexibility index (Phi) is 11.2. The number of methoxy groups -OCH3 is 1. The first-order chi connectivity index (χ1) is 15.3. The molecule has 2 aromatic carbocycles. The number of esters is 1. The Morgan fingerprint density at radius 2 is 1.82 bits per heavy atom. The minimum absolute atomic E-state index is 0. The third kappa shape index (κ3) is 8.34. The lowest BCUT2D eigenvalue weighted by atomic mass is 10.1. The molecule has 6 N–H and O–H groups in total. The normalized spacial score (nSPS) is 10.7. The van der Waals surface area contributed by atoms with Crippen LogP contribution < -0.4 is 26.4 Å². The molecule has 0 aliphatic rings. The molecule has 0 fully saturated rings. The summed E-state index contributed by atoms with van der Waals surface area (Å²) >= 11 is 0. The number of amides is 2. The smallest absolute Gasteiger partial charge is 0.338 e. The van der Waals surface area contributed by atoms with Crippen LogP contribution in [-0.2, 0) is 25.7 Å². The Hall–Kier alpha value is -3.79. The number of anilines is 1. The van der Waals surface area contributed by atoms with E-state index in [1.54, 1.807) is 31.2 Å². The van der Waals surface area contributed by atoms with Gasteiger partial charge in [0.15, 0.2) is 0 Å². The van der Waals surface area contributed by atoms with E-state index in [0.29, 0.717) is 17.0 Å². The van der Waals surface area contributed by atoms with Crippen LogP contribution in [0.5, 0.6) is 5.75 Å². The number of carbonyl (C=O) groups is 3. The van der Waals surface area contributed by atoms with Crippen LogP contribution in [0.1, 0.15) is 18.1 Å². The van der Waals surface area contributed by atoms with E-state index in [1.807, 2.05) is 18.2 Å². The number of rotatable bonds is 11. The lowest BCUT2D eigenvalue weighted by molar-refractivity contribution is -0.147. The van der Waals surface area contributed by atoms with Crippen molar-refractivity contribution in [3.63, 3.8) is 0 Å². The summed E-state index contributed by atoms with van der Waals surface area (Å²) in [5, 5.41) is 15.4. The van der Waals surface area contributed by atoms with Gasteiger partial charge in [0.1, 0.15) is 11.6 Å². The van der Waals surface area contributed by atoms with Gasteiger partial charge in [-0.3, -0.25) is 15.0 Å². The van der Waals surface area contributed by atoms with Gasteiger partial charge in [0.2, 0.25) is 11.9 Å². The van der Waals surface area contributed by atoms with Crippen LogP contribution in [0, 0.1) is 5.41 Å². The van der Waals surface area contributed by atoms with E-state index in [0.717, 1.165) is 5.56 Å². The van der Waals surface area contributed by atoms with Crippen molar-refractivity contribution in [2.75, 3.05) is 25.6 Å². The fraction of sp³-hybridized carbons (Fsp3) is 0.273. The van der Waals surface area contributed by atoms with Gasteiger partial charge < -0.3 is 31.2 Å². The number of nitrogens with two attached hydrogens (primary N) is 1. The maximum absolute atomic E-state index is 12.6. The number of nitrogen functional groups attached to an aromatic ring is 1. The molecule has 0 saturated carbocycles. The number of para-hydroxylation sites is 1. The third-order valence-electron chi connectivity index (χ3n) is 4.36. The van der Waals surface area contributed by atoms with E-state index < -0.39 is 23.8 Å². The zero-order valence-corrected chi connectivity index (χ0v) is 19.2. The third-order valence-corrected chi connectivity index (χ3v) is 4.36. The number of halogens is 1. The van der Waals surface area contributed by atoms with Gasteiger partial charge in [0.25, 0.3) is 5.91 Å². The molecule has 178 valence electrons. The summed E-state index contributed by atoms with van der Waals surface area (Å²) in [6, 6.07) is 12.2. The van der Waals surface area contributed by atoms with Crippen molar-refractivity contribution in [3.8, 4) is 5.75 Å². The maximum atomic E-state index is 12.6. The van der Waals surface area contributed by atoms with Gasteiger partial charge in [-0.25, -0.2) is 4.79 Å². The van der Waals surface area contributed by atoms with Crippen LogP contribution in [0.2, 0.25) is 0 Å². The number of amidine groups is 1. The highest BCUT2D eigenvalue weighted by Gasteiger charge is 2.28. The van der Waals surface area contributed by atoms with E-state index in [-0.39, 0.29) is 37.9 Å². The number of benzene rings is 2. The molecule has 10 nitrogen and oxygen atoms in total. The topological polar surface area (TPSA) is 156 Å². The molecule has 0 aromatic heterocycles. The minimum atomic E-state index is -1.39. The van der Waals surface area contributed by atoms with Crippen molar-refractivity contribution in [3.05, 3.63) is 59.7 Å². The predicted molar refractivity (Wildman–Crippen MR) is 127 cm³/mol. The van der Waals surface area contributed by atoms with Gasteiger partial charge in [-0.2, -0.15) is 0 Å². The second kappa shape index (κ2) is 13.6. The van der Waals surface area contributed by atoms with E-state index in [2.05, 4.69) is 16.0 Å². The summed E-state index contributed by atoms with van der Waals surface area (Å²) in [6.07, 6.45) is 0. The molecule has 0 aliphatic heterocycles. The van der Waals surface area contributed by atoms with Gasteiger partial charge in [0, 0.05) is 23.4 Å². The molecule has 33 heavy (non-hydrogen) atoms. The van der Waals surface area contributed by atoms with Gasteiger partial charge in [-0.15, -0.1) is 12.4 Å². The van der Waals surface area contributed by atoms with Crippen LogP contribution in [0.15, 0.2) is 48.5 Å². The molecule has 1 unspecified atom stereocenters. The fourth-order valence-electron chi connectivity index (χ4n) is 2.78. The van der Waals surface area contributed by atoms with Gasteiger partial charge >= 0.3 is 5.97 Å². The number of hydrogen-bond acceptors (Lipinski definition) is 7. The quantitative estimate of drug-likeness (QED) is 0.141. The molecule has 0 aliphatic carbocycles. The Balaban J connectivity index is 0.00000544. The Bertz CT molecular complexity index is 985. The van der Waals surface area contributed by atoms with Crippen molar-refractivity contribution in [1.29, 1.82) is 5.41 Å². The first kappa shape index (κ1) is 27.2. The van der Waals surface area contributed by atoms with Crippen LogP contribution in [-0.4, -0.2) is 49.9 Å². The molecule has 0 radical (unpaired) electrons. The summed E-state index contributed by atoms with van der Waals surface area (Å²) in [6.45, 7) is 1.58. The van der Waals surface area contributed by atoms with Crippen LogP contribution in [0.3, 0.4) is 0 Å². The largest absolute Gasteiger partial charge is 0.496 e. The zero-order chi connectivity index (χ0) is 23.5. The molecule has 0 saturated heterocycles. The molecule has 1 atom stereocenters. The molecule has 2 rings (SSSR count). The van der Waals surface area contributed by atoms with Crippen molar-refractivity contribution in [2.24, 2.45) is 5.73 Å². The lowest BCUT2D eigenvalue weighted by Gasteiger charge is -2.18. The van der Waals surface area contributed by atoms with Gasteiger partial charge in [-0.05, 0) is 25.1 Å². The molecular weight excluding hydrogens is 450 g/mol.